The summed E-state index contributed by atoms with van der Waals surface area (Å²) in [6.45, 7) is 9.21. The zero-order chi connectivity index (χ0) is 33.7. The molecule has 2 aliphatic rings. The minimum Gasteiger partial charge on any atom is -0.309 e. The molecule has 8 aromatic rings. The molecule has 4 nitrogen and oxygen atoms in total. The molecule has 240 valence electrons. The van der Waals surface area contributed by atoms with E-state index in [1.54, 1.807) is 0 Å². The van der Waals surface area contributed by atoms with Crippen LogP contribution >= 0.6 is 0 Å². The third-order valence-electron chi connectivity index (χ3n) is 11.2. The molecule has 6 aromatic carbocycles. The summed E-state index contributed by atoms with van der Waals surface area (Å²) in [5.74, 6) is 1.69. The standard InChI is InChI=1S/C46H36N4/c1-28-29(2)45(48-44(31-18-9-6-10-19-31)47-42(28)30-16-7-5-8-17-30)50-38-24-13-11-20-32(38)34-26-40-35(27-41(34)50)33-21-15-23-37-43(33)49(40)39-25-14-12-22-36(39)46(37,3)4/h5-27,29H,1-4H3. The summed E-state index contributed by atoms with van der Waals surface area (Å²) in [7, 11) is 0. The van der Waals surface area contributed by atoms with Crippen molar-refractivity contribution in [2.24, 2.45) is 15.9 Å². The largest absolute Gasteiger partial charge is 0.309 e. The highest BCUT2D eigenvalue weighted by Gasteiger charge is 2.35. The Morgan fingerprint density at radius 1 is 0.540 bits per heavy atom. The lowest BCUT2D eigenvalue weighted by Gasteiger charge is -2.34. The summed E-state index contributed by atoms with van der Waals surface area (Å²) in [4.78, 5) is 10.8. The molecule has 0 bridgehead atoms. The van der Waals surface area contributed by atoms with Gasteiger partial charge in [0.05, 0.1) is 33.5 Å². The molecule has 2 aromatic heterocycles. The molecule has 0 fully saturated rings. The summed E-state index contributed by atoms with van der Waals surface area (Å²) >= 11 is 0. The van der Waals surface area contributed by atoms with E-state index in [0.717, 1.165) is 39.5 Å². The number of aliphatic imine (C=N–C) groups is 2. The fourth-order valence-electron chi connectivity index (χ4n) is 8.54. The zero-order valence-electron chi connectivity index (χ0n) is 28.6. The van der Waals surface area contributed by atoms with Gasteiger partial charge in [0.2, 0.25) is 0 Å². The molecule has 0 saturated carbocycles. The van der Waals surface area contributed by atoms with Crippen LogP contribution in [0.25, 0.3) is 55.0 Å². The van der Waals surface area contributed by atoms with Crippen LogP contribution in [0.2, 0.25) is 0 Å². The van der Waals surface area contributed by atoms with Crippen molar-refractivity contribution in [1.82, 2.24) is 9.13 Å². The van der Waals surface area contributed by atoms with Gasteiger partial charge in [-0.25, -0.2) is 9.98 Å². The third kappa shape index (κ3) is 3.93. The summed E-state index contributed by atoms with van der Waals surface area (Å²) in [6.07, 6.45) is 0. The van der Waals surface area contributed by atoms with Crippen molar-refractivity contribution in [3.63, 3.8) is 0 Å². The van der Waals surface area contributed by atoms with E-state index in [1.165, 1.54) is 55.0 Å². The topological polar surface area (TPSA) is 34.6 Å². The number of benzene rings is 6. The maximum absolute atomic E-state index is 5.52. The Kier molecular flexibility index (Phi) is 6.08. The highest BCUT2D eigenvalue weighted by atomic mass is 15.1. The first-order chi connectivity index (χ1) is 24.4. The molecule has 10 rings (SSSR count). The average Bonchev–Trinajstić information content (AvgIpc) is 3.61. The van der Waals surface area contributed by atoms with Gasteiger partial charge in [-0.2, -0.15) is 0 Å². The van der Waals surface area contributed by atoms with E-state index in [0.29, 0.717) is 0 Å². The van der Waals surface area contributed by atoms with Crippen molar-refractivity contribution in [3.05, 3.63) is 167 Å². The van der Waals surface area contributed by atoms with Crippen molar-refractivity contribution in [2.75, 3.05) is 0 Å². The second-order valence-electron chi connectivity index (χ2n) is 14.3. The number of amidine groups is 1. The number of nitrogens with zero attached hydrogens (tertiary/aromatic N) is 4. The van der Waals surface area contributed by atoms with Gasteiger partial charge < -0.3 is 4.57 Å². The smallest absolute Gasteiger partial charge is 0.161 e. The lowest BCUT2D eigenvalue weighted by atomic mass is 9.75. The van der Waals surface area contributed by atoms with E-state index in [2.05, 4.69) is 170 Å². The molecule has 1 atom stereocenters. The number of aromatic nitrogens is 2. The lowest BCUT2D eigenvalue weighted by molar-refractivity contribution is 0.630. The number of allylic oxidation sites excluding steroid dienone is 1. The van der Waals surface area contributed by atoms with Gasteiger partial charge in [-0.05, 0) is 47.9 Å². The van der Waals surface area contributed by atoms with Gasteiger partial charge >= 0.3 is 0 Å². The van der Waals surface area contributed by atoms with Crippen molar-refractivity contribution < 1.29 is 0 Å². The van der Waals surface area contributed by atoms with E-state index in [9.17, 15) is 0 Å². The third-order valence-corrected chi connectivity index (χ3v) is 11.2. The number of para-hydroxylation sites is 3. The Bertz CT molecular complexity index is 2790. The molecule has 2 aliphatic heterocycles. The van der Waals surface area contributed by atoms with Crippen LogP contribution in [0.1, 0.15) is 49.9 Å². The maximum atomic E-state index is 5.52. The Morgan fingerprint density at radius 2 is 1.14 bits per heavy atom. The molecular weight excluding hydrogens is 609 g/mol. The molecule has 4 heterocycles. The van der Waals surface area contributed by atoms with Gasteiger partial charge in [0.1, 0.15) is 5.84 Å². The van der Waals surface area contributed by atoms with E-state index in [1.807, 2.05) is 6.07 Å². The molecule has 1 unspecified atom stereocenters. The van der Waals surface area contributed by atoms with Gasteiger partial charge in [-0.15, -0.1) is 0 Å². The fourth-order valence-corrected chi connectivity index (χ4v) is 8.54. The van der Waals surface area contributed by atoms with Gasteiger partial charge in [0.15, 0.2) is 5.84 Å². The average molecular weight is 645 g/mol. The molecule has 0 saturated heterocycles. The molecule has 0 spiro atoms. The first-order valence-corrected chi connectivity index (χ1v) is 17.5. The van der Waals surface area contributed by atoms with Gasteiger partial charge in [0.25, 0.3) is 0 Å². The molecule has 0 N–H and O–H groups in total. The Morgan fingerprint density at radius 3 is 1.92 bits per heavy atom. The molecule has 0 radical (unpaired) electrons. The van der Waals surface area contributed by atoms with Crippen LogP contribution in [0.5, 0.6) is 0 Å². The summed E-state index contributed by atoms with van der Waals surface area (Å²) in [5.41, 5.74) is 13.0. The normalized spacial score (nSPS) is 16.9. The van der Waals surface area contributed by atoms with E-state index >= 15 is 0 Å². The van der Waals surface area contributed by atoms with Crippen LogP contribution in [-0.4, -0.2) is 20.8 Å². The van der Waals surface area contributed by atoms with Crippen LogP contribution in [0, 0.1) is 5.92 Å². The number of rotatable bonds is 2. The Hall–Kier alpha value is -6.00. The van der Waals surface area contributed by atoms with Crippen LogP contribution in [-0.2, 0) is 5.41 Å². The van der Waals surface area contributed by atoms with Crippen LogP contribution in [0.3, 0.4) is 0 Å². The monoisotopic (exact) mass is 644 g/mol. The van der Waals surface area contributed by atoms with E-state index in [4.69, 9.17) is 9.98 Å². The lowest BCUT2D eigenvalue weighted by Crippen LogP contribution is -2.26. The predicted octanol–water partition coefficient (Wildman–Crippen LogP) is 11.3. The maximum Gasteiger partial charge on any atom is 0.161 e. The summed E-state index contributed by atoms with van der Waals surface area (Å²) < 4.78 is 4.92. The van der Waals surface area contributed by atoms with Crippen LogP contribution < -0.4 is 0 Å². The summed E-state index contributed by atoms with van der Waals surface area (Å²) in [5, 5.41) is 4.97. The van der Waals surface area contributed by atoms with Crippen molar-refractivity contribution in [3.8, 4) is 5.69 Å². The second kappa shape index (κ2) is 10.5. The minimum absolute atomic E-state index is 0.00687. The number of hydrogen-bond acceptors (Lipinski definition) is 2. The van der Waals surface area contributed by atoms with Gasteiger partial charge in [-0.1, -0.05) is 136 Å². The predicted molar refractivity (Wildman–Crippen MR) is 210 cm³/mol. The highest BCUT2D eigenvalue weighted by molar-refractivity contribution is 6.23. The molecule has 0 amide bonds. The Labute approximate surface area is 291 Å². The van der Waals surface area contributed by atoms with Crippen molar-refractivity contribution in [1.29, 1.82) is 0 Å². The first-order valence-electron chi connectivity index (χ1n) is 17.5. The number of fused-ring (bicyclic) bond motifs is 8. The molecule has 50 heavy (non-hydrogen) atoms. The fraction of sp³-hybridized carbons (Fsp3) is 0.130. The van der Waals surface area contributed by atoms with E-state index < -0.39 is 0 Å². The highest BCUT2D eigenvalue weighted by Crippen LogP contribution is 2.48. The van der Waals surface area contributed by atoms with Crippen molar-refractivity contribution >= 4 is 61.0 Å². The first kappa shape index (κ1) is 29.0. The second-order valence-corrected chi connectivity index (χ2v) is 14.3. The Balaban J connectivity index is 1.31. The molecule has 4 heteroatoms. The number of hydrogen-bond donors (Lipinski definition) is 0. The van der Waals surface area contributed by atoms with Crippen molar-refractivity contribution in [2.45, 2.75) is 33.1 Å². The van der Waals surface area contributed by atoms with E-state index in [-0.39, 0.29) is 11.3 Å². The van der Waals surface area contributed by atoms with Gasteiger partial charge in [-0.3, -0.25) is 4.57 Å². The SMILES string of the molecule is CC1=C(c2ccccc2)N=C(c2ccccc2)N=C(n2c3ccccc3c3cc4c(cc32)c2cccc3c2n4-c2ccccc2C3(C)C)C1C. The molecular formula is C46H36N4. The van der Waals surface area contributed by atoms with Crippen LogP contribution in [0.4, 0.5) is 0 Å². The quantitative estimate of drug-likeness (QED) is 0.179. The molecule has 0 aliphatic carbocycles. The van der Waals surface area contributed by atoms with Crippen LogP contribution in [0.15, 0.2) is 155 Å². The zero-order valence-corrected chi connectivity index (χ0v) is 28.6. The van der Waals surface area contributed by atoms with Gasteiger partial charge in [0, 0.05) is 44.0 Å². The minimum atomic E-state index is -0.111. The summed E-state index contributed by atoms with van der Waals surface area (Å²) in [6, 6.07) is 50.3.